The molecule has 5 heteroatoms. The van der Waals surface area contributed by atoms with E-state index in [-0.39, 0.29) is 0 Å². The first-order chi connectivity index (χ1) is 7.74. The van der Waals surface area contributed by atoms with Crippen LogP contribution >= 0.6 is 0 Å². The first kappa shape index (κ1) is 10.7. The van der Waals surface area contributed by atoms with Crippen molar-refractivity contribution >= 4 is 11.5 Å². The summed E-state index contributed by atoms with van der Waals surface area (Å²) in [5.74, 6) is 0.303. The highest BCUT2D eigenvalue weighted by molar-refractivity contribution is 5.64. The number of pyridine rings is 1. The van der Waals surface area contributed by atoms with Crippen molar-refractivity contribution in [3.8, 4) is 6.07 Å². The minimum atomic E-state index is 0.303. The normalized spacial score (nSPS) is 15.9. The SMILES string of the molecule is Cc1c(N2CCOCC2)cnc(N)c1C#N. The summed E-state index contributed by atoms with van der Waals surface area (Å²) >= 11 is 0. The third-order valence-electron chi connectivity index (χ3n) is 2.80. The van der Waals surface area contributed by atoms with Gasteiger partial charge in [0.25, 0.3) is 0 Å². The Hall–Kier alpha value is -1.80. The van der Waals surface area contributed by atoms with Crippen molar-refractivity contribution in [2.45, 2.75) is 6.92 Å². The first-order valence-corrected chi connectivity index (χ1v) is 5.22. The molecule has 1 aliphatic heterocycles. The largest absolute Gasteiger partial charge is 0.383 e. The highest BCUT2D eigenvalue weighted by Crippen LogP contribution is 2.25. The van der Waals surface area contributed by atoms with Gasteiger partial charge in [0.05, 0.1) is 30.7 Å². The van der Waals surface area contributed by atoms with Gasteiger partial charge in [-0.25, -0.2) is 4.98 Å². The number of nitrogen functional groups attached to an aromatic ring is 1. The maximum atomic E-state index is 9.01. The van der Waals surface area contributed by atoms with Crippen molar-refractivity contribution in [1.29, 1.82) is 5.26 Å². The molecule has 2 rings (SSSR count). The van der Waals surface area contributed by atoms with Gasteiger partial charge in [-0.2, -0.15) is 5.26 Å². The Bertz CT molecular complexity index is 432. The molecule has 16 heavy (non-hydrogen) atoms. The van der Waals surface area contributed by atoms with Gasteiger partial charge in [0.15, 0.2) is 0 Å². The predicted octanol–water partition coefficient (Wildman–Crippen LogP) is 0.681. The van der Waals surface area contributed by atoms with E-state index >= 15 is 0 Å². The van der Waals surface area contributed by atoms with Crippen molar-refractivity contribution in [1.82, 2.24) is 4.98 Å². The summed E-state index contributed by atoms with van der Waals surface area (Å²) < 4.78 is 5.29. The Kier molecular flexibility index (Phi) is 2.93. The van der Waals surface area contributed by atoms with Crippen LogP contribution in [0.4, 0.5) is 11.5 Å². The second kappa shape index (κ2) is 4.37. The molecule has 0 radical (unpaired) electrons. The lowest BCUT2D eigenvalue weighted by molar-refractivity contribution is 0.122. The van der Waals surface area contributed by atoms with Gasteiger partial charge in [0.2, 0.25) is 0 Å². The third-order valence-corrected chi connectivity index (χ3v) is 2.80. The Balaban J connectivity index is 2.38. The van der Waals surface area contributed by atoms with E-state index in [0.29, 0.717) is 24.6 Å². The molecule has 1 aliphatic rings. The molecular weight excluding hydrogens is 204 g/mol. The topological polar surface area (TPSA) is 75.2 Å². The summed E-state index contributed by atoms with van der Waals surface area (Å²) in [6.45, 7) is 4.99. The number of ether oxygens (including phenoxy) is 1. The summed E-state index contributed by atoms with van der Waals surface area (Å²) in [5, 5.41) is 9.01. The molecule has 0 atom stereocenters. The number of rotatable bonds is 1. The second-order valence-corrected chi connectivity index (χ2v) is 3.74. The summed E-state index contributed by atoms with van der Waals surface area (Å²) in [5.41, 5.74) is 8.01. The van der Waals surface area contributed by atoms with Gasteiger partial charge in [-0.15, -0.1) is 0 Å². The molecular formula is C11H14N4O. The molecule has 0 aliphatic carbocycles. The summed E-state index contributed by atoms with van der Waals surface area (Å²) in [4.78, 5) is 6.23. The molecule has 5 nitrogen and oxygen atoms in total. The van der Waals surface area contributed by atoms with Gasteiger partial charge < -0.3 is 15.4 Å². The fraction of sp³-hybridized carbons (Fsp3) is 0.455. The van der Waals surface area contributed by atoms with Crippen LogP contribution in [0.2, 0.25) is 0 Å². The maximum absolute atomic E-state index is 9.01. The minimum absolute atomic E-state index is 0.303. The molecule has 0 saturated carbocycles. The van der Waals surface area contributed by atoms with Crippen molar-refractivity contribution in [2.75, 3.05) is 36.9 Å². The monoisotopic (exact) mass is 218 g/mol. The fourth-order valence-corrected chi connectivity index (χ4v) is 1.88. The maximum Gasteiger partial charge on any atom is 0.141 e. The van der Waals surface area contributed by atoms with Crippen molar-refractivity contribution < 1.29 is 4.74 Å². The van der Waals surface area contributed by atoms with Crippen LogP contribution in [0.3, 0.4) is 0 Å². The van der Waals surface area contributed by atoms with Gasteiger partial charge >= 0.3 is 0 Å². The van der Waals surface area contributed by atoms with Crippen LogP contribution in [0.1, 0.15) is 11.1 Å². The Morgan fingerprint density at radius 1 is 1.50 bits per heavy atom. The Labute approximate surface area is 94.4 Å². The molecule has 1 fully saturated rings. The molecule has 2 N–H and O–H groups in total. The zero-order chi connectivity index (χ0) is 11.5. The molecule has 0 amide bonds. The van der Waals surface area contributed by atoms with Crippen LogP contribution < -0.4 is 10.6 Å². The first-order valence-electron chi connectivity index (χ1n) is 5.22. The molecule has 0 spiro atoms. The van der Waals surface area contributed by atoms with E-state index < -0.39 is 0 Å². The fourth-order valence-electron chi connectivity index (χ4n) is 1.88. The molecule has 0 aromatic carbocycles. The lowest BCUT2D eigenvalue weighted by atomic mass is 10.1. The summed E-state index contributed by atoms with van der Waals surface area (Å²) in [6, 6.07) is 2.10. The van der Waals surface area contributed by atoms with Crippen LogP contribution in [-0.4, -0.2) is 31.3 Å². The summed E-state index contributed by atoms with van der Waals surface area (Å²) in [6.07, 6.45) is 1.73. The van der Waals surface area contributed by atoms with E-state index in [2.05, 4.69) is 16.0 Å². The van der Waals surface area contributed by atoms with Crippen LogP contribution in [0.15, 0.2) is 6.20 Å². The second-order valence-electron chi connectivity index (χ2n) is 3.74. The number of anilines is 2. The number of nitrogens with two attached hydrogens (primary N) is 1. The average molecular weight is 218 g/mol. The molecule has 1 aromatic heterocycles. The molecule has 84 valence electrons. The summed E-state index contributed by atoms with van der Waals surface area (Å²) in [7, 11) is 0. The van der Waals surface area contributed by atoms with Crippen molar-refractivity contribution in [3.63, 3.8) is 0 Å². The van der Waals surface area contributed by atoms with Gasteiger partial charge in [0.1, 0.15) is 11.9 Å². The van der Waals surface area contributed by atoms with Crippen molar-refractivity contribution in [3.05, 3.63) is 17.3 Å². The van der Waals surface area contributed by atoms with Gasteiger partial charge in [0, 0.05) is 13.1 Å². The van der Waals surface area contributed by atoms with E-state index in [1.54, 1.807) is 6.20 Å². The zero-order valence-electron chi connectivity index (χ0n) is 9.23. The van der Waals surface area contributed by atoms with Gasteiger partial charge in [-0.3, -0.25) is 0 Å². The predicted molar refractivity (Wildman–Crippen MR) is 61.1 cm³/mol. The number of hydrogen-bond acceptors (Lipinski definition) is 5. The molecule has 1 aromatic rings. The molecule has 0 bridgehead atoms. The molecule has 0 unspecified atom stereocenters. The van der Waals surface area contributed by atoms with Crippen LogP contribution in [0.5, 0.6) is 0 Å². The van der Waals surface area contributed by atoms with Crippen molar-refractivity contribution in [2.24, 2.45) is 0 Å². The number of nitrogens with zero attached hydrogens (tertiary/aromatic N) is 3. The van der Waals surface area contributed by atoms with E-state index in [0.717, 1.165) is 24.3 Å². The van der Waals surface area contributed by atoms with Crippen LogP contribution in [-0.2, 0) is 4.74 Å². The molecule has 2 heterocycles. The lowest BCUT2D eigenvalue weighted by Gasteiger charge is -2.30. The number of nitriles is 1. The standard InChI is InChI=1S/C11H14N4O/c1-8-9(6-12)11(13)14-7-10(8)15-2-4-16-5-3-15/h7H,2-5H2,1H3,(H2,13,14). The zero-order valence-corrected chi connectivity index (χ0v) is 9.23. The van der Waals surface area contributed by atoms with Crippen LogP contribution in [0.25, 0.3) is 0 Å². The highest BCUT2D eigenvalue weighted by atomic mass is 16.5. The molecule has 1 saturated heterocycles. The van der Waals surface area contributed by atoms with E-state index in [9.17, 15) is 0 Å². The number of hydrogen-bond donors (Lipinski definition) is 1. The quantitative estimate of drug-likeness (QED) is 0.750. The number of aromatic nitrogens is 1. The Morgan fingerprint density at radius 2 is 2.19 bits per heavy atom. The Morgan fingerprint density at radius 3 is 2.81 bits per heavy atom. The highest BCUT2D eigenvalue weighted by Gasteiger charge is 2.16. The third kappa shape index (κ3) is 1.79. The van der Waals surface area contributed by atoms with Gasteiger partial charge in [-0.1, -0.05) is 0 Å². The smallest absolute Gasteiger partial charge is 0.141 e. The lowest BCUT2D eigenvalue weighted by Crippen LogP contribution is -2.36. The van der Waals surface area contributed by atoms with Crippen LogP contribution in [0, 0.1) is 18.3 Å². The minimum Gasteiger partial charge on any atom is -0.383 e. The average Bonchev–Trinajstić information content (AvgIpc) is 2.31. The van der Waals surface area contributed by atoms with E-state index in [4.69, 9.17) is 15.7 Å². The van der Waals surface area contributed by atoms with E-state index in [1.807, 2.05) is 6.92 Å². The van der Waals surface area contributed by atoms with E-state index in [1.165, 1.54) is 0 Å². The van der Waals surface area contributed by atoms with Gasteiger partial charge in [-0.05, 0) is 12.5 Å². The number of morpholine rings is 1.